The molecule has 0 amide bonds. The molecular weight excluding hydrogens is 590 g/mol. The maximum atomic E-state index is 11.4. The van der Waals surface area contributed by atoms with Gasteiger partial charge in [0.25, 0.3) is 0 Å². The number of halogens is 1. The largest absolute Gasteiger partial charge is 0.492 e. The second-order valence-corrected chi connectivity index (χ2v) is 13.9. The zero-order valence-corrected chi connectivity index (χ0v) is 27.8. The molecule has 45 heavy (non-hydrogen) atoms. The predicted molar refractivity (Wildman–Crippen MR) is 176 cm³/mol. The number of piperidine rings is 1. The van der Waals surface area contributed by atoms with Crippen molar-refractivity contribution in [2.24, 2.45) is 11.8 Å². The van der Waals surface area contributed by atoms with Crippen LogP contribution in [0.4, 0.5) is 0 Å². The van der Waals surface area contributed by atoms with Crippen LogP contribution >= 0.6 is 11.6 Å². The molecule has 2 fully saturated rings. The van der Waals surface area contributed by atoms with Crippen molar-refractivity contribution in [2.45, 2.75) is 78.2 Å². The number of nitrogens with zero attached hydrogens (tertiary/aromatic N) is 3. The number of carboxylic acids is 1. The summed E-state index contributed by atoms with van der Waals surface area (Å²) in [6.45, 7) is 18.4. The van der Waals surface area contributed by atoms with Crippen LogP contribution in [0.2, 0.25) is 5.02 Å². The summed E-state index contributed by atoms with van der Waals surface area (Å²) in [5.74, 6) is 1.60. The average Bonchev–Trinajstić information content (AvgIpc) is 3.40. The Kier molecular flexibility index (Phi) is 10.3. The molecule has 2 aromatic carbocycles. The van der Waals surface area contributed by atoms with Crippen LogP contribution in [-0.4, -0.2) is 57.9 Å². The highest BCUT2D eigenvalue weighted by Crippen LogP contribution is 2.49. The minimum Gasteiger partial charge on any atom is -0.492 e. The van der Waals surface area contributed by atoms with Gasteiger partial charge in [0.05, 0.1) is 23.8 Å². The van der Waals surface area contributed by atoms with Crippen LogP contribution in [0.1, 0.15) is 69.2 Å². The summed E-state index contributed by atoms with van der Waals surface area (Å²) in [5.41, 5.74) is 4.00. The van der Waals surface area contributed by atoms with Crippen molar-refractivity contribution in [3.63, 3.8) is 0 Å². The van der Waals surface area contributed by atoms with E-state index in [4.69, 9.17) is 25.8 Å². The summed E-state index contributed by atoms with van der Waals surface area (Å²) in [6.07, 6.45) is 5.39. The number of hydrogen-bond donors (Lipinski definition) is 1. The van der Waals surface area contributed by atoms with E-state index in [1.165, 1.54) is 5.56 Å². The van der Waals surface area contributed by atoms with Crippen LogP contribution in [0.5, 0.6) is 11.5 Å². The Hall–Kier alpha value is -3.33. The van der Waals surface area contributed by atoms with Crippen molar-refractivity contribution in [1.29, 1.82) is 0 Å². The van der Waals surface area contributed by atoms with Crippen molar-refractivity contribution in [2.75, 3.05) is 26.3 Å². The Labute approximate surface area is 272 Å². The molecule has 1 aromatic heterocycles. The van der Waals surface area contributed by atoms with E-state index in [0.29, 0.717) is 23.3 Å². The first kappa shape index (κ1) is 33.0. The van der Waals surface area contributed by atoms with Crippen molar-refractivity contribution >= 4 is 17.6 Å². The molecule has 0 saturated carbocycles. The quantitative estimate of drug-likeness (QED) is 0.223. The number of ether oxygens (including phenoxy) is 3. The third kappa shape index (κ3) is 8.10. The lowest BCUT2D eigenvalue weighted by atomic mass is 9.75. The number of carboxylic acid groups (broad SMARTS) is 1. The Morgan fingerprint density at radius 1 is 1.20 bits per heavy atom. The normalized spacial score (nSPS) is 22.1. The van der Waals surface area contributed by atoms with E-state index < -0.39 is 12.6 Å². The third-order valence-corrected chi connectivity index (χ3v) is 9.34. The van der Waals surface area contributed by atoms with E-state index in [0.717, 1.165) is 67.3 Å². The summed E-state index contributed by atoms with van der Waals surface area (Å²) < 4.78 is 20.7. The third-order valence-electron chi connectivity index (χ3n) is 9.06. The lowest BCUT2D eigenvalue weighted by Gasteiger charge is -2.47. The number of rotatable bonds is 11. The molecule has 3 heterocycles. The minimum atomic E-state index is -1.05. The van der Waals surface area contributed by atoms with Crippen LogP contribution < -0.4 is 9.47 Å². The first-order chi connectivity index (χ1) is 21.4. The number of aryl methyl sites for hydroxylation is 1. The number of carbonyl (C=O) groups is 1. The second-order valence-electron chi connectivity index (χ2n) is 13.5. The van der Waals surface area contributed by atoms with Gasteiger partial charge in [-0.15, -0.1) is 0 Å². The number of aromatic nitrogens is 2. The first-order valence-electron chi connectivity index (χ1n) is 15.8. The Bertz CT molecular complexity index is 1500. The number of imidazole rings is 1. The molecule has 9 heteroatoms. The maximum Gasteiger partial charge on any atom is 0.341 e. The summed E-state index contributed by atoms with van der Waals surface area (Å²) >= 11 is 6.75. The molecule has 0 unspecified atom stereocenters. The molecule has 242 valence electrons. The molecule has 5 rings (SSSR count). The SMILES string of the molecule is C=C(C)[C@H]1C[C@@H]2CN(Cc3ccc(OCCn4ccnc4C)cc3)CC[C@@H]2O[C@@H]1c1cc(C(C)(C)C)cc(Cl)c1OCC(=O)O. The van der Waals surface area contributed by atoms with Gasteiger partial charge >= 0.3 is 5.97 Å². The highest BCUT2D eigenvalue weighted by atomic mass is 35.5. The first-order valence-corrected chi connectivity index (χ1v) is 16.2. The summed E-state index contributed by atoms with van der Waals surface area (Å²) in [7, 11) is 0. The van der Waals surface area contributed by atoms with Gasteiger partial charge in [-0.1, -0.05) is 56.7 Å². The molecule has 2 aliphatic rings. The number of benzene rings is 2. The van der Waals surface area contributed by atoms with Crippen molar-refractivity contribution < 1.29 is 24.1 Å². The molecule has 4 atom stereocenters. The minimum absolute atomic E-state index is 0.0483. The van der Waals surface area contributed by atoms with Crippen LogP contribution in [0, 0.1) is 18.8 Å². The highest BCUT2D eigenvalue weighted by molar-refractivity contribution is 6.32. The van der Waals surface area contributed by atoms with Crippen LogP contribution in [-0.2, 0) is 28.0 Å². The zero-order valence-electron chi connectivity index (χ0n) is 27.1. The van der Waals surface area contributed by atoms with Crippen molar-refractivity contribution in [1.82, 2.24) is 14.5 Å². The number of likely N-dealkylation sites (tertiary alicyclic amines) is 1. The van der Waals surface area contributed by atoms with Crippen LogP contribution in [0.25, 0.3) is 0 Å². The van der Waals surface area contributed by atoms with E-state index in [-0.39, 0.29) is 23.5 Å². The Morgan fingerprint density at radius 2 is 1.96 bits per heavy atom. The fraction of sp³-hybridized carbons (Fsp3) is 0.500. The van der Waals surface area contributed by atoms with Crippen LogP contribution in [0.15, 0.2) is 60.9 Å². The molecular formula is C36H46ClN3O5. The van der Waals surface area contributed by atoms with E-state index in [1.54, 1.807) is 6.20 Å². The summed E-state index contributed by atoms with van der Waals surface area (Å²) in [5, 5.41) is 9.74. The fourth-order valence-corrected chi connectivity index (χ4v) is 6.80. The van der Waals surface area contributed by atoms with Gasteiger partial charge in [0.2, 0.25) is 0 Å². The van der Waals surface area contributed by atoms with Gasteiger partial charge in [0, 0.05) is 43.5 Å². The Morgan fingerprint density at radius 3 is 2.60 bits per heavy atom. The molecule has 8 nitrogen and oxygen atoms in total. The van der Waals surface area contributed by atoms with Crippen molar-refractivity contribution in [3.8, 4) is 11.5 Å². The fourth-order valence-electron chi connectivity index (χ4n) is 6.51. The highest BCUT2D eigenvalue weighted by Gasteiger charge is 2.43. The molecule has 1 N–H and O–H groups in total. The summed E-state index contributed by atoms with van der Waals surface area (Å²) in [4.78, 5) is 18.2. The van der Waals surface area contributed by atoms with Gasteiger partial charge in [0.1, 0.15) is 23.9 Å². The standard InChI is InChI=1S/C36H46ClN3O5/c1-23(2)29-17-26-21-39(20-25-7-9-28(10-8-25)43-16-15-40-14-12-38-24(40)3)13-11-32(26)45-34(29)30-18-27(36(4,5)6)19-31(37)35(30)44-22-33(41)42/h7-10,12,14,18-19,26,29,32,34H,1,11,13,15-17,20-22H2,2-6H3,(H,41,42)/t26-,29-,32+,34+/m1/s1. The molecule has 2 aliphatic heterocycles. The van der Waals surface area contributed by atoms with E-state index in [1.807, 2.05) is 19.2 Å². The zero-order chi connectivity index (χ0) is 32.3. The monoisotopic (exact) mass is 635 g/mol. The molecule has 3 aromatic rings. The summed E-state index contributed by atoms with van der Waals surface area (Å²) in [6, 6.07) is 12.4. The molecule has 0 radical (unpaired) electrons. The van der Waals surface area contributed by atoms with Gasteiger partial charge in [-0.25, -0.2) is 9.78 Å². The van der Waals surface area contributed by atoms with Crippen molar-refractivity contribution in [3.05, 3.63) is 88.5 Å². The van der Waals surface area contributed by atoms with Crippen LogP contribution in [0.3, 0.4) is 0 Å². The predicted octanol–water partition coefficient (Wildman–Crippen LogP) is 7.23. The Balaban J connectivity index is 1.25. The number of fused-ring (bicyclic) bond motifs is 1. The van der Waals surface area contributed by atoms with Gasteiger partial charge in [0.15, 0.2) is 6.61 Å². The van der Waals surface area contributed by atoms with E-state index in [2.05, 4.69) is 79.1 Å². The lowest BCUT2D eigenvalue weighted by Crippen LogP contribution is -2.48. The van der Waals surface area contributed by atoms with E-state index >= 15 is 0 Å². The lowest BCUT2D eigenvalue weighted by molar-refractivity contribution is -0.140. The molecule has 0 bridgehead atoms. The van der Waals surface area contributed by atoms with Gasteiger partial charge in [-0.05, 0) is 73.4 Å². The average molecular weight is 636 g/mol. The molecule has 0 aliphatic carbocycles. The maximum absolute atomic E-state index is 11.4. The second kappa shape index (κ2) is 14.0. The van der Waals surface area contributed by atoms with Gasteiger partial charge in [-0.3, -0.25) is 4.90 Å². The smallest absolute Gasteiger partial charge is 0.341 e. The molecule has 2 saturated heterocycles. The topological polar surface area (TPSA) is 86.0 Å². The van der Waals surface area contributed by atoms with E-state index in [9.17, 15) is 9.90 Å². The van der Waals surface area contributed by atoms with Gasteiger partial charge in [-0.2, -0.15) is 0 Å². The molecule has 0 spiro atoms. The number of hydrogen-bond acceptors (Lipinski definition) is 6. The number of aliphatic carboxylic acids is 1. The van der Waals surface area contributed by atoms with Gasteiger partial charge < -0.3 is 23.9 Å².